The van der Waals surface area contributed by atoms with Gasteiger partial charge in [-0.15, -0.1) is 0 Å². The summed E-state index contributed by atoms with van der Waals surface area (Å²) >= 11 is 0. The Morgan fingerprint density at radius 1 is 1.30 bits per heavy atom. The molecule has 0 aliphatic rings. The molecule has 10 heavy (non-hydrogen) atoms. The molecule has 0 rings (SSSR count). The van der Waals surface area contributed by atoms with Crippen LogP contribution in [0, 0.1) is 0 Å². The number of rotatable bonds is 3. The number of nitrogens with two attached hydrogens (primary N) is 1. The van der Waals surface area contributed by atoms with Crippen LogP contribution in [0.4, 0.5) is 0 Å². The van der Waals surface area contributed by atoms with E-state index in [4.69, 9.17) is 5.73 Å². The number of hydrogen-bond donors (Lipinski definition) is 1. The van der Waals surface area contributed by atoms with Gasteiger partial charge in [-0.05, 0) is 26.7 Å². The van der Waals surface area contributed by atoms with E-state index in [2.05, 4.69) is 33.8 Å². The predicted octanol–water partition coefficient (Wildman–Crippen LogP) is 2.47. The second-order valence-electron chi connectivity index (χ2n) is 3.16. The van der Waals surface area contributed by atoms with Crippen molar-refractivity contribution >= 4 is 0 Å². The molecule has 0 saturated carbocycles. The maximum Gasteiger partial charge on any atom is 0.0336 e. The average molecular weight is 141 g/mol. The van der Waals surface area contributed by atoms with E-state index in [1.807, 2.05) is 0 Å². The Morgan fingerprint density at radius 2 is 1.70 bits per heavy atom. The number of hydrogen-bond acceptors (Lipinski definition) is 1. The molecule has 0 amide bonds. The summed E-state index contributed by atoms with van der Waals surface area (Å²) in [6.07, 6.45) is 4.20. The molecule has 0 aromatic heterocycles. The molecule has 0 spiro atoms. The van der Waals surface area contributed by atoms with Crippen LogP contribution in [0.25, 0.3) is 0 Å². The van der Waals surface area contributed by atoms with E-state index in [0.717, 1.165) is 12.8 Å². The van der Waals surface area contributed by atoms with Gasteiger partial charge in [-0.3, -0.25) is 0 Å². The third-order valence-electron chi connectivity index (χ3n) is 1.89. The van der Waals surface area contributed by atoms with Gasteiger partial charge < -0.3 is 5.73 Å². The third kappa shape index (κ3) is 3.02. The lowest BCUT2D eigenvalue weighted by Crippen LogP contribution is -2.35. The number of allylic oxidation sites excluding steroid dienone is 1. The van der Waals surface area contributed by atoms with Gasteiger partial charge in [0, 0.05) is 5.54 Å². The minimum atomic E-state index is -0.0567. The minimum absolute atomic E-state index is 0.0567. The zero-order chi connectivity index (χ0) is 8.20. The highest BCUT2D eigenvalue weighted by atomic mass is 14.7. The van der Waals surface area contributed by atoms with Crippen LogP contribution in [0.1, 0.15) is 40.5 Å². The summed E-state index contributed by atoms with van der Waals surface area (Å²) in [5, 5.41) is 0. The maximum atomic E-state index is 6.02. The zero-order valence-corrected chi connectivity index (χ0v) is 7.57. The summed E-state index contributed by atoms with van der Waals surface area (Å²) in [4.78, 5) is 0. The standard InChI is InChI=1S/C9H19N/c1-5-9(10,6-2)7-8(3)4/h7H,5-6,10H2,1-4H3. The van der Waals surface area contributed by atoms with Crippen molar-refractivity contribution in [3.05, 3.63) is 11.6 Å². The molecule has 0 aromatic rings. The monoisotopic (exact) mass is 141 g/mol. The average Bonchev–Trinajstić information content (AvgIpc) is 1.87. The van der Waals surface area contributed by atoms with Gasteiger partial charge in [0.1, 0.15) is 0 Å². The summed E-state index contributed by atoms with van der Waals surface area (Å²) < 4.78 is 0. The van der Waals surface area contributed by atoms with E-state index in [0.29, 0.717) is 0 Å². The summed E-state index contributed by atoms with van der Waals surface area (Å²) in [6, 6.07) is 0. The van der Waals surface area contributed by atoms with Crippen LogP contribution in [-0.4, -0.2) is 5.54 Å². The SMILES string of the molecule is CCC(N)(C=C(C)C)CC. The van der Waals surface area contributed by atoms with E-state index in [1.54, 1.807) is 0 Å². The molecule has 0 aliphatic carbocycles. The minimum Gasteiger partial charge on any atom is -0.322 e. The molecular formula is C9H19N. The smallest absolute Gasteiger partial charge is 0.0336 e. The van der Waals surface area contributed by atoms with Crippen LogP contribution in [-0.2, 0) is 0 Å². The fourth-order valence-corrected chi connectivity index (χ4v) is 1.03. The topological polar surface area (TPSA) is 26.0 Å². The summed E-state index contributed by atoms with van der Waals surface area (Å²) in [5.41, 5.74) is 7.28. The van der Waals surface area contributed by atoms with Gasteiger partial charge in [0.25, 0.3) is 0 Å². The fraction of sp³-hybridized carbons (Fsp3) is 0.778. The van der Waals surface area contributed by atoms with Gasteiger partial charge in [-0.1, -0.05) is 25.5 Å². The van der Waals surface area contributed by atoms with Crippen LogP contribution < -0.4 is 5.73 Å². The molecule has 0 aliphatic heterocycles. The molecule has 2 N–H and O–H groups in total. The van der Waals surface area contributed by atoms with Gasteiger partial charge >= 0.3 is 0 Å². The first-order chi connectivity index (χ1) is 4.54. The molecule has 1 nitrogen and oxygen atoms in total. The van der Waals surface area contributed by atoms with E-state index < -0.39 is 0 Å². The van der Waals surface area contributed by atoms with Crippen LogP contribution in [0.2, 0.25) is 0 Å². The molecular weight excluding hydrogens is 122 g/mol. The van der Waals surface area contributed by atoms with Gasteiger partial charge in [0.15, 0.2) is 0 Å². The molecule has 0 atom stereocenters. The summed E-state index contributed by atoms with van der Waals surface area (Å²) in [6.45, 7) is 8.44. The molecule has 0 aromatic carbocycles. The lowest BCUT2D eigenvalue weighted by Gasteiger charge is -2.22. The highest BCUT2D eigenvalue weighted by Gasteiger charge is 2.15. The van der Waals surface area contributed by atoms with Crippen LogP contribution >= 0.6 is 0 Å². The fourth-order valence-electron chi connectivity index (χ4n) is 1.03. The van der Waals surface area contributed by atoms with Gasteiger partial charge in [0.2, 0.25) is 0 Å². The van der Waals surface area contributed by atoms with E-state index in [9.17, 15) is 0 Å². The lowest BCUT2D eigenvalue weighted by atomic mass is 9.92. The molecule has 0 heterocycles. The Hall–Kier alpha value is -0.300. The second-order valence-corrected chi connectivity index (χ2v) is 3.16. The Kier molecular flexibility index (Phi) is 3.66. The molecule has 0 saturated heterocycles. The zero-order valence-electron chi connectivity index (χ0n) is 7.57. The molecule has 0 fully saturated rings. The van der Waals surface area contributed by atoms with E-state index in [-0.39, 0.29) is 5.54 Å². The largest absolute Gasteiger partial charge is 0.322 e. The van der Waals surface area contributed by atoms with Crippen molar-refractivity contribution in [2.24, 2.45) is 5.73 Å². The maximum absolute atomic E-state index is 6.02. The van der Waals surface area contributed by atoms with E-state index in [1.165, 1.54) is 5.57 Å². The Bertz CT molecular complexity index is 117. The molecule has 0 bridgehead atoms. The van der Waals surface area contributed by atoms with Gasteiger partial charge in [0.05, 0.1) is 0 Å². The quantitative estimate of drug-likeness (QED) is 0.600. The predicted molar refractivity (Wildman–Crippen MR) is 46.9 cm³/mol. The van der Waals surface area contributed by atoms with Crippen molar-refractivity contribution in [1.82, 2.24) is 0 Å². The van der Waals surface area contributed by atoms with Crippen molar-refractivity contribution < 1.29 is 0 Å². The molecule has 0 radical (unpaired) electrons. The first kappa shape index (κ1) is 9.70. The highest BCUT2D eigenvalue weighted by molar-refractivity contribution is 5.08. The Labute approximate surface area is 64.3 Å². The van der Waals surface area contributed by atoms with Crippen LogP contribution in [0.15, 0.2) is 11.6 Å². The first-order valence-corrected chi connectivity index (χ1v) is 3.99. The Balaban J connectivity index is 4.20. The van der Waals surface area contributed by atoms with Crippen LogP contribution in [0.5, 0.6) is 0 Å². The first-order valence-electron chi connectivity index (χ1n) is 3.99. The Morgan fingerprint density at radius 3 is 1.80 bits per heavy atom. The second kappa shape index (κ2) is 3.77. The molecule has 1 heteroatoms. The summed E-state index contributed by atoms with van der Waals surface area (Å²) in [7, 11) is 0. The molecule has 0 unspecified atom stereocenters. The normalized spacial score (nSPS) is 11.3. The van der Waals surface area contributed by atoms with E-state index >= 15 is 0 Å². The summed E-state index contributed by atoms with van der Waals surface area (Å²) in [5.74, 6) is 0. The van der Waals surface area contributed by atoms with Crippen LogP contribution in [0.3, 0.4) is 0 Å². The highest BCUT2D eigenvalue weighted by Crippen LogP contribution is 2.14. The van der Waals surface area contributed by atoms with Gasteiger partial charge in [-0.2, -0.15) is 0 Å². The van der Waals surface area contributed by atoms with Crippen molar-refractivity contribution in [2.75, 3.05) is 0 Å². The van der Waals surface area contributed by atoms with Gasteiger partial charge in [-0.25, -0.2) is 0 Å². The molecule has 60 valence electrons. The third-order valence-corrected chi connectivity index (χ3v) is 1.89. The van der Waals surface area contributed by atoms with Crippen molar-refractivity contribution in [1.29, 1.82) is 0 Å². The lowest BCUT2D eigenvalue weighted by molar-refractivity contribution is 0.490. The van der Waals surface area contributed by atoms with Crippen molar-refractivity contribution in [3.63, 3.8) is 0 Å². The van der Waals surface area contributed by atoms with Crippen molar-refractivity contribution in [3.8, 4) is 0 Å². The van der Waals surface area contributed by atoms with Crippen molar-refractivity contribution in [2.45, 2.75) is 46.1 Å².